The third kappa shape index (κ3) is 3.16. The third-order valence-electron chi connectivity index (χ3n) is 2.92. The van der Waals surface area contributed by atoms with Gasteiger partial charge in [-0.15, -0.1) is 11.8 Å². The maximum Gasteiger partial charge on any atom is 0.171 e. The molecule has 2 rings (SSSR count). The van der Waals surface area contributed by atoms with Crippen LogP contribution >= 0.6 is 27.7 Å². The third-order valence-corrected chi connectivity index (χ3v) is 4.81. The van der Waals surface area contributed by atoms with Crippen LogP contribution in [0.4, 0.5) is 0 Å². The summed E-state index contributed by atoms with van der Waals surface area (Å²) in [4.78, 5) is 1.08. The molecule has 1 aliphatic rings. The van der Waals surface area contributed by atoms with Gasteiger partial charge in [-0.3, -0.25) is 0 Å². The van der Waals surface area contributed by atoms with Gasteiger partial charge in [-0.05, 0) is 31.0 Å². The first-order valence-corrected chi connectivity index (χ1v) is 7.32. The quantitative estimate of drug-likeness (QED) is 0.388. The molecule has 1 aromatic carbocycles. The van der Waals surface area contributed by atoms with Crippen molar-refractivity contribution in [3.8, 4) is 0 Å². The first-order valence-electron chi connectivity index (χ1n) is 5.65. The minimum Gasteiger partial charge on any atom is -0.409 e. The molecule has 1 aromatic rings. The number of nitrogens with two attached hydrogens (primary N) is 1. The number of nitrogens with zero attached hydrogens (tertiary/aromatic N) is 1. The summed E-state index contributed by atoms with van der Waals surface area (Å²) < 4.78 is 1.02. The second-order valence-electron chi connectivity index (χ2n) is 4.15. The van der Waals surface area contributed by atoms with E-state index in [1.807, 2.05) is 30.0 Å². The van der Waals surface area contributed by atoms with Crippen LogP contribution in [0.25, 0.3) is 0 Å². The van der Waals surface area contributed by atoms with Gasteiger partial charge in [-0.2, -0.15) is 0 Å². The maximum absolute atomic E-state index is 8.78. The molecule has 0 spiro atoms. The van der Waals surface area contributed by atoms with Crippen molar-refractivity contribution in [1.29, 1.82) is 0 Å². The summed E-state index contributed by atoms with van der Waals surface area (Å²) in [6.07, 6.45) is 5.13. The van der Waals surface area contributed by atoms with Crippen molar-refractivity contribution in [2.45, 2.75) is 35.8 Å². The highest BCUT2D eigenvalue weighted by Crippen LogP contribution is 2.37. The zero-order valence-electron chi connectivity index (χ0n) is 9.40. The average Bonchev–Trinajstić information content (AvgIpc) is 2.81. The van der Waals surface area contributed by atoms with E-state index in [9.17, 15) is 0 Å². The van der Waals surface area contributed by atoms with Crippen LogP contribution in [0.2, 0.25) is 0 Å². The number of amidine groups is 1. The van der Waals surface area contributed by atoms with E-state index >= 15 is 0 Å². The molecule has 0 aromatic heterocycles. The molecular weight excluding hydrogens is 300 g/mol. The van der Waals surface area contributed by atoms with Crippen LogP contribution in [0.3, 0.4) is 0 Å². The van der Waals surface area contributed by atoms with Gasteiger partial charge in [0, 0.05) is 20.2 Å². The van der Waals surface area contributed by atoms with Gasteiger partial charge in [0.1, 0.15) is 0 Å². The van der Waals surface area contributed by atoms with Gasteiger partial charge < -0.3 is 10.9 Å². The van der Waals surface area contributed by atoms with Crippen LogP contribution in [0.15, 0.2) is 32.7 Å². The van der Waals surface area contributed by atoms with E-state index in [1.165, 1.54) is 25.7 Å². The molecule has 0 bridgehead atoms. The minimum absolute atomic E-state index is 0.179. The Kier molecular flexibility index (Phi) is 4.34. The first-order chi connectivity index (χ1) is 8.20. The van der Waals surface area contributed by atoms with Crippen molar-refractivity contribution in [3.05, 3.63) is 28.2 Å². The van der Waals surface area contributed by atoms with Gasteiger partial charge in [0.15, 0.2) is 5.84 Å². The molecule has 5 heteroatoms. The summed E-state index contributed by atoms with van der Waals surface area (Å²) >= 11 is 5.29. The number of benzene rings is 1. The van der Waals surface area contributed by atoms with E-state index in [2.05, 4.69) is 21.1 Å². The Balaban J connectivity index is 2.26. The second kappa shape index (κ2) is 5.78. The largest absolute Gasteiger partial charge is 0.409 e. The normalized spacial score (nSPS) is 17.6. The monoisotopic (exact) mass is 314 g/mol. The average molecular weight is 315 g/mol. The molecule has 3 nitrogen and oxygen atoms in total. The number of oxime groups is 1. The molecule has 0 heterocycles. The van der Waals surface area contributed by atoms with E-state index in [1.54, 1.807) is 0 Å². The lowest BCUT2D eigenvalue weighted by Crippen LogP contribution is -2.14. The number of thioether (sulfide) groups is 1. The summed E-state index contributed by atoms with van der Waals surface area (Å²) in [5.74, 6) is 0.179. The predicted octanol–water partition coefficient (Wildman–Crippen LogP) is 3.58. The molecule has 1 saturated carbocycles. The second-order valence-corrected chi connectivity index (χ2v) is 6.41. The molecule has 3 N–H and O–H groups in total. The summed E-state index contributed by atoms with van der Waals surface area (Å²) in [5.41, 5.74) is 6.50. The summed E-state index contributed by atoms with van der Waals surface area (Å²) in [6.45, 7) is 0. The Morgan fingerprint density at radius 3 is 2.76 bits per heavy atom. The fourth-order valence-corrected chi connectivity index (χ4v) is 3.98. The summed E-state index contributed by atoms with van der Waals surface area (Å²) in [5, 5.41) is 12.5. The molecule has 17 heavy (non-hydrogen) atoms. The fourth-order valence-electron chi connectivity index (χ4n) is 2.04. The van der Waals surface area contributed by atoms with Crippen molar-refractivity contribution < 1.29 is 5.21 Å². The molecule has 0 unspecified atom stereocenters. The van der Waals surface area contributed by atoms with Gasteiger partial charge in [0.2, 0.25) is 0 Å². The lowest BCUT2D eigenvalue weighted by Gasteiger charge is -2.12. The molecule has 0 amide bonds. The standard InChI is InChI=1S/C12H15BrN2OS/c13-8-5-6-10(12(14)15-16)11(7-8)17-9-3-1-2-4-9/h5-7,9,16H,1-4H2,(H2,14,15). The molecule has 92 valence electrons. The highest BCUT2D eigenvalue weighted by atomic mass is 79.9. The van der Waals surface area contributed by atoms with Crippen molar-refractivity contribution in [2.24, 2.45) is 10.9 Å². The lowest BCUT2D eigenvalue weighted by molar-refractivity contribution is 0.318. The Hall–Kier alpha value is -0.680. The van der Waals surface area contributed by atoms with Crippen LogP contribution in [-0.4, -0.2) is 16.3 Å². The van der Waals surface area contributed by atoms with Gasteiger partial charge in [0.25, 0.3) is 0 Å². The number of halogens is 1. The zero-order chi connectivity index (χ0) is 12.3. The van der Waals surface area contributed by atoms with Crippen LogP contribution in [0, 0.1) is 0 Å². The molecule has 0 saturated heterocycles. The Morgan fingerprint density at radius 1 is 1.41 bits per heavy atom. The molecule has 0 aliphatic heterocycles. The van der Waals surface area contributed by atoms with Crippen molar-refractivity contribution in [2.75, 3.05) is 0 Å². The van der Waals surface area contributed by atoms with E-state index < -0.39 is 0 Å². The summed E-state index contributed by atoms with van der Waals surface area (Å²) in [7, 11) is 0. The van der Waals surface area contributed by atoms with E-state index in [0.717, 1.165) is 14.9 Å². The van der Waals surface area contributed by atoms with E-state index in [4.69, 9.17) is 10.9 Å². The van der Waals surface area contributed by atoms with Gasteiger partial charge >= 0.3 is 0 Å². The number of hydrogen-bond acceptors (Lipinski definition) is 3. The molecule has 0 radical (unpaired) electrons. The number of rotatable bonds is 3. The SMILES string of the molecule is N/C(=N/O)c1ccc(Br)cc1SC1CCCC1. The minimum atomic E-state index is 0.179. The molecular formula is C12H15BrN2OS. The Morgan fingerprint density at radius 2 is 2.12 bits per heavy atom. The van der Waals surface area contributed by atoms with Gasteiger partial charge in [-0.25, -0.2) is 0 Å². The van der Waals surface area contributed by atoms with Crippen molar-refractivity contribution in [3.63, 3.8) is 0 Å². The Bertz CT molecular complexity index is 431. The van der Waals surface area contributed by atoms with Crippen LogP contribution in [-0.2, 0) is 0 Å². The fraction of sp³-hybridized carbons (Fsp3) is 0.417. The highest BCUT2D eigenvalue weighted by Gasteiger charge is 2.18. The van der Waals surface area contributed by atoms with E-state index in [0.29, 0.717) is 5.25 Å². The maximum atomic E-state index is 8.78. The molecule has 0 atom stereocenters. The Labute approximate surface area is 114 Å². The highest BCUT2D eigenvalue weighted by molar-refractivity contribution is 9.10. The number of hydrogen-bond donors (Lipinski definition) is 2. The van der Waals surface area contributed by atoms with Crippen LogP contribution < -0.4 is 5.73 Å². The lowest BCUT2D eigenvalue weighted by atomic mass is 10.2. The van der Waals surface area contributed by atoms with Gasteiger partial charge in [-0.1, -0.05) is 33.9 Å². The van der Waals surface area contributed by atoms with Crippen LogP contribution in [0.1, 0.15) is 31.2 Å². The first kappa shape index (κ1) is 12.8. The van der Waals surface area contributed by atoms with Gasteiger partial charge in [0.05, 0.1) is 0 Å². The van der Waals surface area contributed by atoms with Crippen molar-refractivity contribution in [1.82, 2.24) is 0 Å². The summed E-state index contributed by atoms with van der Waals surface area (Å²) in [6, 6.07) is 5.83. The van der Waals surface area contributed by atoms with Crippen molar-refractivity contribution >= 4 is 33.5 Å². The van der Waals surface area contributed by atoms with E-state index in [-0.39, 0.29) is 5.84 Å². The van der Waals surface area contributed by atoms with Crippen LogP contribution in [0.5, 0.6) is 0 Å². The zero-order valence-corrected chi connectivity index (χ0v) is 11.8. The smallest absolute Gasteiger partial charge is 0.171 e. The molecule has 1 fully saturated rings. The predicted molar refractivity (Wildman–Crippen MR) is 74.8 cm³/mol. The molecule has 1 aliphatic carbocycles. The topological polar surface area (TPSA) is 58.6 Å².